The van der Waals surface area contributed by atoms with Gasteiger partial charge in [0.25, 0.3) is 5.91 Å². The third-order valence-electron chi connectivity index (χ3n) is 7.00. The molecule has 0 aromatic heterocycles. The molecule has 1 atom stereocenters. The van der Waals surface area contributed by atoms with Crippen molar-refractivity contribution in [3.8, 4) is 0 Å². The third kappa shape index (κ3) is 14.7. The van der Waals surface area contributed by atoms with Crippen molar-refractivity contribution in [3.63, 3.8) is 0 Å². The van der Waals surface area contributed by atoms with Crippen LogP contribution in [0.1, 0.15) is 139 Å². The molecule has 4 nitrogen and oxygen atoms in total. The molecule has 1 unspecified atom stereocenters. The fourth-order valence-corrected chi connectivity index (χ4v) is 4.61. The van der Waals surface area contributed by atoms with Crippen molar-refractivity contribution < 1.29 is 31.9 Å². The van der Waals surface area contributed by atoms with Crippen molar-refractivity contribution >= 4 is 11.9 Å². The van der Waals surface area contributed by atoms with E-state index >= 15 is 0 Å². The van der Waals surface area contributed by atoms with Crippen molar-refractivity contribution in [2.24, 2.45) is 5.92 Å². The molecule has 1 amide bonds. The zero-order valence-corrected chi connectivity index (χ0v) is 24.1. The normalized spacial score (nSPS) is 12.5. The lowest BCUT2D eigenvalue weighted by atomic mass is 10.0. The topological polar surface area (TPSA) is 55.4 Å². The van der Waals surface area contributed by atoms with E-state index in [0.717, 1.165) is 31.4 Å². The molecule has 0 heterocycles. The Bertz CT molecular complexity index is 827. The van der Waals surface area contributed by atoms with E-state index in [-0.39, 0.29) is 6.61 Å². The van der Waals surface area contributed by atoms with Crippen molar-refractivity contribution in [3.05, 3.63) is 35.1 Å². The van der Waals surface area contributed by atoms with E-state index in [1.807, 2.05) is 0 Å². The number of alkyl halides is 3. The van der Waals surface area contributed by atoms with E-state index in [1.54, 1.807) is 13.8 Å². The largest absolute Gasteiger partial charge is 0.464 e. The fraction of sp³-hybridized carbons (Fsp3) is 0.742. The molecule has 39 heavy (non-hydrogen) atoms. The predicted octanol–water partition coefficient (Wildman–Crippen LogP) is 9.40. The quantitative estimate of drug-likeness (QED) is 0.0927. The van der Waals surface area contributed by atoms with Crippen LogP contribution in [-0.2, 0) is 15.7 Å². The van der Waals surface area contributed by atoms with E-state index in [9.17, 15) is 27.2 Å². The van der Waals surface area contributed by atoms with Crippen LogP contribution in [0.3, 0.4) is 0 Å². The summed E-state index contributed by atoms with van der Waals surface area (Å²) < 4.78 is 59.2. The predicted molar refractivity (Wildman–Crippen MR) is 148 cm³/mol. The minimum absolute atomic E-state index is 0.171. The zero-order chi connectivity index (χ0) is 29.1. The highest BCUT2D eigenvalue weighted by molar-refractivity contribution is 5.98. The summed E-state index contributed by atoms with van der Waals surface area (Å²) in [5.74, 6) is -3.78. The summed E-state index contributed by atoms with van der Waals surface area (Å²) in [6.45, 7) is 5.68. The molecule has 224 valence electrons. The summed E-state index contributed by atoms with van der Waals surface area (Å²) in [5, 5.41) is 2.24. The van der Waals surface area contributed by atoms with Crippen molar-refractivity contribution in [2.75, 3.05) is 6.61 Å². The van der Waals surface area contributed by atoms with Gasteiger partial charge in [0, 0.05) is 0 Å². The van der Waals surface area contributed by atoms with Gasteiger partial charge in [0.1, 0.15) is 11.9 Å². The van der Waals surface area contributed by atoms with Crippen LogP contribution in [0.5, 0.6) is 0 Å². The number of esters is 1. The van der Waals surface area contributed by atoms with Gasteiger partial charge in [-0.25, -0.2) is 9.18 Å². The summed E-state index contributed by atoms with van der Waals surface area (Å²) in [5.41, 5.74) is -2.51. The highest BCUT2D eigenvalue weighted by Gasteiger charge is 2.38. The van der Waals surface area contributed by atoms with Gasteiger partial charge in [0.15, 0.2) is 0 Å². The van der Waals surface area contributed by atoms with Crippen LogP contribution >= 0.6 is 0 Å². The molecule has 0 aliphatic carbocycles. The molecular weight excluding hydrogens is 510 g/mol. The minimum atomic E-state index is -4.91. The summed E-state index contributed by atoms with van der Waals surface area (Å²) in [4.78, 5) is 25.1. The summed E-state index contributed by atoms with van der Waals surface area (Å²) in [7, 11) is 0. The highest BCUT2D eigenvalue weighted by Crippen LogP contribution is 2.33. The van der Waals surface area contributed by atoms with Gasteiger partial charge in [0.2, 0.25) is 0 Å². The van der Waals surface area contributed by atoms with E-state index in [2.05, 4.69) is 12.2 Å². The van der Waals surface area contributed by atoms with Gasteiger partial charge in [-0.15, -0.1) is 0 Å². The number of rotatable bonds is 21. The SMILES string of the molecule is CCCCCCCCCCCCCCCCCCOC(=O)C(NC(=O)c1c(F)cccc1C(F)(F)F)C(C)C. The van der Waals surface area contributed by atoms with Gasteiger partial charge in [-0.3, -0.25) is 4.79 Å². The molecule has 0 bridgehead atoms. The molecular formula is C31H49F4NO3. The Hall–Kier alpha value is -2.12. The molecule has 0 saturated heterocycles. The summed E-state index contributed by atoms with van der Waals surface area (Å²) >= 11 is 0. The summed E-state index contributed by atoms with van der Waals surface area (Å²) in [6, 6.07) is 1.13. The van der Waals surface area contributed by atoms with Gasteiger partial charge in [-0.05, 0) is 24.5 Å². The number of nitrogens with one attached hydrogen (secondary N) is 1. The van der Waals surface area contributed by atoms with Gasteiger partial charge in [0.05, 0.1) is 17.7 Å². The molecule has 0 aliphatic rings. The first-order chi connectivity index (χ1) is 18.6. The van der Waals surface area contributed by atoms with Crippen LogP contribution < -0.4 is 5.32 Å². The Kier molecular flexibility index (Phi) is 17.8. The molecule has 0 spiro atoms. The maximum absolute atomic E-state index is 14.1. The van der Waals surface area contributed by atoms with Crippen LogP contribution in [0.4, 0.5) is 17.6 Å². The van der Waals surface area contributed by atoms with Gasteiger partial charge in [-0.2, -0.15) is 13.2 Å². The van der Waals surface area contributed by atoms with Crippen LogP contribution in [-0.4, -0.2) is 24.5 Å². The Morgan fingerprint density at radius 1 is 0.795 bits per heavy atom. The fourth-order valence-electron chi connectivity index (χ4n) is 4.61. The molecule has 0 aliphatic heterocycles. The zero-order valence-electron chi connectivity index (χ0n) is 24.1. The first kappa shape index (κ1) is 34.9. The number of benzene rings is 1. The number of carbonyl (C=O) groups excluding carboxylic acids is 2. The first-order valence-corrected chi connectivity index (χ1v) is 14.9. The average Bonchev–Trinajstić information content (AvgIpc) is 2.87. The molecule has 1 aromatic rings. The Labute approximate surface area is 232 Å². The van der Waals surface area contributed by atoms with Crippen LogP contribution in [0.25, 0.3) is 0 Å². The van der Waals surface area contributed by atoms with Crippen LogP contribution in [0.2, 0.25) is 0 Å². The van der Waals surface area contributed by atoms with Crippen LogP contribution in [0.15, 0.2) is 18.2 Å². The van der Waals surface area contributed by atoms with Crippen molar-refractivity contribution in [1.82, 2.24) is 5.32 Å². The maximum Gasteiger partial charge on any atom is 0.417 e. The second kappa shape index (κ2) is 19.9. The third-order valence-corrected chi connectivity index (χ3v) is 7.00. The van der Waals surface area contributed by atoms with Gasteiger partial charge < -0.3 is 10.1 Å². The number of carbonyl (C=O) groups is 2. The Morgan fingerprint density at radius 2 is 1.26 bits per heavy atom. The average molecular weight is 560 g/mol. The second-order valence-electron chi connectivity index (χ2n) is 10.8. The maximum atomic E-state index is 14.1. The highest BCUT2D eigenvalue weighted by atomic mass is 19.4. The summed E-state index contributed by atoms with van der Waals surface area (Å²) in [6.07, 6.45) is 14.8. The lowest BCUT2D eigenvalue weighted by Crippen LogP contribution is -2.46. The molecule has 1 N–H and O–H groups in total. The number of hydrogen-bond donors (Lipinski definition) is 1. The van der Waals surface area contributed by atoms with E-state index in [1.165, 1.54) is 77.0 Å². The number of amides is 1. The van der Waals surface area contributed by atoms with Gasteiger partial charge in [-0.1, -0.05) is 123 Å². The molecule has 0 fully saturated rings. The number of hydrogen-bond acceptors (Lipinski definition) is 3. The minimum Gasteiger partial charge on any atom is -0.464 e. The standard InChI is InChI=1S/C31H49F4NO3/c1-4-5-6-7-8-9-10-11-12-13-14-15-16-17-18-19-23-39-30(38)28(24(2)3)36-29(37)27-25(31(33,34)35)21-20-22-26(27)32/h20-22,24,28H,4-19,23H2,1-3H3,(H,36,37). The molecule has 8 heteroatoms. The number of ether oxygens (including phenoxy) is 1. The van der Waals surface area contributed by atoms with E-state index in [0.29, 0.717) is 12.5 Å². The lowest BCUT2D eigenvalue weighted by Gasteiger charge is -2.22. The Balaban J connectivity index is 2.22. The number of unbranched alkanes of at least 4 members (excludes halogenated alkanes) is 15. The smallest absolute Gasteiger partial charge is 0.417 e. The first-order valence-electron chi connectivity index (χ1n) is 14.9. The van der Waals surface area contributed by atoms with Crippen molar-refractivity contribution in [2.45, 2.75) is 136 Å². The molecule has 1 rings (SSSR count). The molecule has 0 radical (unpaired) electrons. The molecule has 0 saturated carbocycles. The lowest BCUT2D eigenvalue weighted by molar-refractivity contribution is -0.147. The Morgan fingerprint density at radius 3 is 1.69 bits per heavy atom. The van der Waals surface area contributed by atoms with Crippen molar-refractivity contribution in [1.29, 1.82) is 0 Å². The monoisotopic (exact) mass is 559 g/mol. The van der Waals surface area contributed by atoms with E-state index < -0.39 is 47.0 Å². The molecule has 1 aromatic carbocycles. The van der Waals surface area contributed by atoms with Crippen LogP contribution in [0, 0.1) is 11.7 Å². The van der Waals surface area contributed by atoms with Gasteiger partial charge >= 0.3 is 12.1 Å². The second-order valence-corrected chi connectivity index (χ2v) is 10.8. The van der Waals surface area contributed by atoms with E-state index in [4.69, 9.17) is 4.74 Å². The number of halogens is 4.